The van der Waals surface area contributed by atoms with Crippen molar-refractivity contribution in [3.8, 4) is 17.2 Å². The molecule has 0 bridgehead atoms. The van der Waals surface area contributed by atoms with Gasteiger partial charge in [-0.3, -0.25) is 0 Å². The minimum Gasteiger partial charge on any atom is -0.493 e. The number of benzene rings is 2. The molecular weight excluding hydrogens is 360 g/mol. The molecule has 0 unspecified atom stereocenters. The number of alkyl halides is 1. The van der Waals surface area contributed by atoms with Crippen LogP contribution in [0.3, 0.4) is 0 Å². The molecule has 0 heterocycles. The van der Waals surface area contributed by atoms with Crippen LogP contribution in [0.15, 0.2) is 46.9 Å². The van der Waals surface area contributed by atoms with E-state index in [2.05, 4.69) is 31.9 Å². The maximum absolute atomic E-state index is 5.92. The standard InChI is InChI=1S/C14H12Br2O2/c1-17-12-4-2-3-5-13(12)18-14-8-11(16)7-6-10(14)9-15/h2-8H,9H2,1H3. The summed E-state index contributed by atoms with van der Waals surface area (Å²) in [5.74, 6) is 2.24. The molecule has 0 spiro atoms. The summed E-state index contributed by atoms with van der Waals surface area (Å²) in [4.78, 5) is 0. The van der Waals surface area contributed by atoms with Crippen LogP contribution in [-0.4, -0.2) is 7.11 Å². The van der Waals surface area contributed by atoms with Crippen molar-refractivity contribution >= 4 is 31.9 Å². The number of rotatable bonds is 4. The molecule has 2 aromatic carbocycles. The van der Waals surface area contributed by atoms with Crippen molar-refractivity contribution in [3.63, 3.8) is 0 Å². The van der Waals surface area contributed by atoms with Crippen LogP contribution in [0.4, 0.5) is 0 Å². The first kappa shape index (κ1) is 13.4. The van der Waals surface area contributed by atoms with Crippen molar-refractivity contribution < 1.29 is 9.47 Å². The van der Waals surface area contributed by atoms with Crippen LogP contribution in [0.1, 0.15) is 5.56 Å². The monoisotopic (exact) mass is 370 g/mol. The molecule has 94 valence electrons. The largest absolute Gasteiger partial charge is 0.493 e. The summed E-state index contributed by atoms with van der Waals surface area (Å²) < 4.78 is 12.2. The van der Waals surface area contributed by atoms with Gasteiger partial charge in [0, 0.05) is 15.4 Å². The second kappa shape index (κ2) is 6.25. The molecule has 2 nitrogen and oxygen atoms in total. The SMILES string of the molecule is COc1ccccc1Oc1cc(Br)ccc1CBr. The number of ether oxygens (including phenoxy) is 2. The maximum Gasteiger partial charge on any atom is 0.169 e. The number of hydrogen-bond acceptors (Lipinski definition) is 2. The average molecular weight is 372 g/mol. The zero-order valence-corrected chi connectivity index (χ0v) is 13.0. The first-order chi connectivity index (χ1) is 8.74. The Balaban J connectivity index is 2.36. The van der Waals surface area contributed by atoms with E-state index in [1.165, 1.54) is 0 Å². The molecule has 0 aliphatic carbocycles. The van der Waals surface area contributed by atoms with Crippen molar-refractivity contribution in [2.24, 2.45) is 0 Å². The van der Waals surface area contributed by atoms with Gasteiger partial charge in [0.25, 0.3) is 0 Å². The molecule has 2 rings (SSSR count). The highest BCUT2D eigenvalue weighted by molar-refractivity contribution is 9.10. The molecule has 18 heavy (non-hydrogen) atoms. The summed E-state index contributed by atoms with van der Waals surface area (Å²) in [6.45, 7) is 0. The van der Waals surface area contributed by atoms with Gasteiger partial charge in [-0.05, 0) is 24.3 Å². The van der Waals surface area contributed by atoms with E-state index in [0.717, 1.165) is 26.9 Å². The minimum absolute atomic E-state index is 0.709. The van der Waals surface area contributed by atoms with E-state index < -0.39 is 0 Å². The van der Waals surface area contributed by atoms with Gasteiger partial charge in [-0.1, -0.05) is 50.1 Å². The van der Waals surface area contributed by atoms with Gasteiger partial charge < -0.3 is 9.47 Å². The third-order valence-corrected chi connectivity index (χ3v) is 3.56. The van der Waals surface area contributed by atoms with Gasteiger partial charge in [-0.2, -0.15) is 0 Å². The van der Waals surface area contributed by atoms with E-state index in [9.17, 15) is 0 Å². The Labute approximate surface area is 123 Å². The highest BCUT2D eigenvalue weighted by Gasteiger charge is 2.08. The summed E-state index contributed by atoms with van der Waals surface area (Å²) in [7, 11) is 1.63. The molecule has 0 aliphatic rings. The fourth-order valence-corrected chi connectivity index (χ4v) is 2.36. The fraction of sp³-hybridized carbons (Fsp3) is 0.143. The van der Waals surface area contributed by atoms with Crippen LogP contribution in [0.5, 0.6) is 17.2 Å². The van der Waals surface area contributed by atoms with Crippen molar-refractivity contribution in [1.29, 1.82) is 0 Å². The lowest BCUT2D eigenvalue weighted by atomic mass is 10.2. The third-order valence-electron chi connectivity index (χ3n) is 2.46. The predicted molar refractivity (Wildman–Crippen MR) is 79.8 cm³/mol. The van der Waals surface area contributed by atoms with Gasteiger partial charge >= 0.3 is 0 Å². The fourth-order valence-electron chi connectivity index (χ4n) is 1.56. The van der Waals surface area contributed by atoms with Gasteiger partial charge in [-0.25, -0.2) is 0 Å². The quantitative estimate of drug-likeness (QED) is 0.692. The second-order valence-corrected chi connectivity index (χ2v) is 5.12. The molecule has 4 heteroatoms. The predicted octanol–water partition coefficient (Wildman–Crippen LogP) is 5.14. The van der Waals surface area contributed by atoms with E-state index in [0.29, 0.717) is 5.75 Å². The third kappa shape index (κ3) is 3.06. The molecule has 0 atom stereocenters. The molecular formula is C14H12Br2O2. The Morgan fingerprint density at radius 1 is 1.00 bits per heavy atom. The Morgan fingerprint density at radius 2 is 1.72 bits per heavy atom. The molecule has 0 fully saturated rings. The molecule has 0 radical (unpaired) electrons. The molecule has 0 aromatic heterocycles. The lowest BCUT2D eigenvalue weighted by molar-refractivity contribution is 0.378. The maximum atomic E-state index is 5.92. The highest BCUT2D eigenvalue weighted by atomic mass is 79.9. The van der Waals surface area contributed by atoms with Gasteiger partial charge in [0.1, 0.15) is 5.75 Å². The first-order valence-corrected chi connectivity index (χ1v) is 7.31. The highest BCUT2D eigenvalue weighted by Crippen LogP contribution is 2.34. The lowest BCUT2D eigenvalue weighted by Gasteiger charge is -2.12. The molecule has 0 aliphatic heterocycles. The summed E-state index contributed by atoms with van der Waals surface area (Å²) in [5, 5.41) is 0.741. The number of halogens is 2. The van der Waals surface area contributed by atoms with E-state index in [-0.39, 0.29) is 0 Å². The van der Waals surface area contributed by atoms with Crippen molar-refractivity contribution in [1.82, 2.24) is 0 Å². The molecule has 0 saturated heterocycles. The van der Waals surface area contributed by atoms with Crippen molar-refractivity contribution in [3.05, 3.63) is 52.5 Å². The van der Waals surface area contributed by atoms with Crippen molar-refractivity contribution in [2.45, 2.75) is 5.33 Å². The van der Waals surface area contributed by atoms with Gasteiger partial charge in [0.2, 0.25) is 0 Å². The summed E-state index contributed by atoms with van der Waals surface area (Å²) >= 11 is 6.90. The van der Waals surface area contributed by atoms with Crippen LogP contribution in [0.25, 0.3) is 0 Å². The first-order valence-electron chi connectivity index (χ1n) is 5.40. The lowest BCUT2D eigenvalue weighted by Crippen LogP contribution is -1.92. The van der Waals surface area contributed by atoms with Gasteiger partial charge in [0.15, 0.2) is 11.5 Å². The topological polar surface area (TPSA) is 18.5 Å². The van der Waals surface area contributed by atoms with Crippen LogP contribution in [0, 0.1) is 0 Å². The Morgan fingerprint density at radius 3 is 2.39 bits per heavy atom. The molecule has 0 amide bonds. The van der Waals surface area contributed by atoms with E-state index >= 15 is 0 Å². The minimum atomic E-state index is 0.709. The number of para-hydroxylation sites is 2. The van der Waals surface area contributed by atoms with E-state index in [4.69, 9.17) is 9.47 Å². The zero-order valence-electron chi connectivity index (χ0n) is 9.82. The second-order valence-electron chi connectivity index (χ2n) is 3.64. The average Bonchev–Trinajstić information content (AvgIpc) is 2.40. The van der Waals surface area contributed by atoms with Gasteiger partial charge in [-0.15, -0.1) is 0 Å². The molecule has 0 N–H and O–H groups in total. The summed E-state index contributed by atoms with van der Waals surface area (Å²) in [6, 6.07) is 13.6. The van der Waals surface area contributed by atoms with E-state index in [1.54, 1.807) is 7.11 Å². The summed E-state index contributed by atoms with van der Waals surface area (Å²) in [5.41, 5.74) is 1.09. The van der Waals surface area contributed by atoms with Crippen molar-refractivity contribution in [2.75, 3.05) is 7.11 Å². The molecule has 0 saturated carbocycles. The Bertz CT molecular complexity index is 541. The van der Waals surface area contributed by atoms with Gasteiger partial charge in [0.05, 0.1) is 7.11 Å². The van der Waals surface area contributed by atoms with Crippen LogP contribution >= 0.6 is 31.9 Å². The summed E-state index contributed by atoms with van der Waals surface area (Å²) in [6.07, 6.45) is 0. The zero-order chi connectivity index (χ0) is 13.0. The number of methoxy groups -OCH3 is 1. The van der Waals surface area contributed by atoms with E-state index in [1.807, 2.05) is 42.5 Å². The van der Waals surface area contributed by atoms with Crippen LogP contribution in [0.2, 0.25) is 0 Å². The normalized spacial score (nSPS) is 10.2. The van der Waals surface area contributed by atoms with Crippen LogP contribution in [-0.2, 0) is 5.33 Å². The Kier molecular flexibility index (Phi) is 4.66. The number of hydrogen-bond donors (Lipinski definition) is 0. The Hall–Kier alpha value is -1.000. The smallest absolute Gasteiger partial charge is 0.169 e. The van der Waals surface area contributed by atoms with Crippen LogP contribution < -0.4 is 9.47 Å². The molecule has 2 aromatic rings.